The second kappa shape index (κ2) is 6.73. The highest BCUT2D eigenvalue weighted by Crippen LogP contribution is 2.31. The summed E-state index contributed by atoms with van der Waals surface area (Å²) in [6.45, 7) is 3.87. The molecule has 5 nitrogen and oxygen atoms in total. The van der Waals surface area contributed by atoms with Crippen LogP contribution in [0.4, 0.5) is 4.79 Å². The summed E-state index contributed by atoms with van der Waals surface area (Å²) in [5.41, 5.74) is 8.99. The molecule has 1 fully saturated rings. The van der Waals surface area contributed by atoms with E-state index in [1.807, 2.05) is 17.0 Å². The standard InChI is InChI=1S/C19H30N4O/c1-4-19(22(2)3)9-11-23(12-10-19)18(24)21-16-13-14-7-5-6-8-15(14)17(16)20/h5-8,16-17H,4,9-13,20H2,1-3H3,(H,21,24)/t16-,17-/m1/s1. The lowest BCUT2D eigenvalue weighted by atomic mass is 9.84. The Morgan fingerprint density at radius 3 is 2.58 bits per heavy atom. The minimum atomic E-state index is -0.105. The molecule has 2 amide bonds. The summed E-state index contributed by atoms with van der Waals surface area (Å²) in [5.74, 6) is 0. The number of carbonyl (C=O) groups is 1. The zero-order chi connectivity index (χ0) is 17.3. The van der Waals surface area contributed by atoms with E-state index >= 15 is 0 Å². The Kier molecular flexibility index (Phi) is 4.83. The first-order valence-corrected chi connectivity index (χ1v) is 9.03. The average Bonchev–Trinajstić information content (AvgIpc) is 2.91. The van der Waals surface area contributed by atoms with Gasteiger partial charge in [-0.25, -0.2) is 4.79 Å². The quantitative estimate of drug-likeness (QED) is 0.892. The Bertz CT molecular complexity index is 593. The zero-order valence-corrected chi connectivity index (χ0v) is 15.1. The Hall–Kier alpha value is -1.59. The molecule has 0 saturated carbocycles. The molecule has 24 heavy (non-hydrogen) atoms. The van der Waals surface area contributed by atoms with Gasteiger partial charge >= 0.3 is 6.03 Å². The van der Waals surface area contributed by atoms with Gasteiger partial charge in [0.2, 0.25) is 0 Å². The summed E-state index contributed by atoms with van der Waals surface area (Å²) >= 11 is 0. The van der Waals surface area contributed by atoms with Crippen molar-refractivity contribution >= 4 is 6.03 Å². The number of urea groups is 1. The van der Waals surface area contributed by atoms with E-state index in [0.29, 0.717) is 0 Å². The largest absolute Gasteiger partial charge is 0.333 e. The van der Waals surface area contributed by atoms with Gasteiger partial charge in [-0.1, -0.05) is 31.2 Å². The molecule has 0 spiro atoms. The zero-order valence-electron chi connectivity index (χ0n) is 15.1. The van der Waals surface area contributed by atoms with Crippen LogP contribution in [0.5, 0.6) is 0 Å². The van der Waals surface area contributed by atoms with E-state index in [9.17, 15) is 4.79 Å². The van der Waals surface area contributed by atoms with Gasteiger partial charge < -0.3 is 20.9 Å². The molecular weight excluding hydrogens is 300 g/mol. The van der Waals surface area contributed by atoms with Crippen LogP contribution in [0, 0.1) is 0 Å². The third-order valence-electron chi connectivity index (χ3n) is 6.18. The summed E-state index contributed by atoms with van der Waals surface area (Å²) in [5, 5.41) is 3.17. The fourth-order valence-corrected chi connectivity index (χ4v) is 4.26. The van der Waals surface area contributed by atoms with E-state index in [0.717, 1.165) is 38.8 Å². The van der Waals surface area contributed by atoms with Crippen LogP contribution in [0.2, 0.25) is 0 Å². The van der Waals surface area contributed by atoms with Gasteiger partial charge in [0.05, 0.1) is 12.1 Å². The predicted octanol–water partition coefficient (Wildman–Crippen LogP) is 2.13. The van der Waals surface area contributed by atoms with Crippen molar-refractivity contribution in [1.29, 1.82) is 0 Å². The Balaban J connectivity index is 1.58. The number of hydrogen-bond acceptors (Lipinski definition) is 3. The summed E-state index contributed by atoms with van der Waals surface area (Å²) in [4.78, 5) is 16.9. The molecule has 0 radical (unpaired) electrons. The molecule has 1 heterocycles. The van der Waals surface area contributed by atoms with Gasteiger partial charge in [-0.2, -0.15) is 0 Å². The van der Waals surface area contributed by atoms with Crippen molar-refractivity contribution in [3.8, 4) is 0 Å². The molecule has 3 N–H and O–H groups in total. The van der Waals surface area contributed by atoms with E-state index in [1.54, 1.807) is 0 Å². The van der Waals surface area contributed by atoms with Crippen molar-refractivity contribution in [2.75, 3.05) is 27.2 Å². The maximum atomic E-state index is 12.7. The molecule has 5 heteroatoms. The smallest absolute Gasteiger partial charge is 0.317 e. The molecular formula is C19H30N4O. The number of fused-ring (bicyclic) bond motifs is 1. The molecule has 132 valence electrons. The second-order valence-electron chi connectivity index (χ2n) is 7.44. The Morgan fingerprint density at radius 1 is 1.33 bits per heavy atom. The summed E-state index contributed by atoms with van der Waals surface area (Å²) in [6.07, 6.45) is 4.01. The summed E-state index contributed by atoms with van der Waals surface area (Å²) < 4.78 is 0. The minimum Gasteiger partial charge on any atom is -0.333 e. The number of hydrogen-bond donors (Lipinski definition) is 2. The number of amides is 2. The van der Waals surface area contributed by atoms with Crippen LogP contribution in [0.15, 0.2) is 24.3 Å². The molecule has 2 atom stereocenters. The number of likely N-dealkylation sites (tertiary alicyclic amines) is 1. The van der Waals surface area contributed by atoms with Crippen molar-refractivity contribution in [2.45, 2.75) is 50.2 Å². The van der Waals surface area contributed by atoms with Crippen LogP contribution < -0.4 is 11.1 Å². The lowest BCUT2D eigenvalue weighted by molar-refractivity contribution is 0.0640. The van der Waals surface area contributed by atoms with Gasteiger partial charge in [0.15, 0.2) is 0 Å². The van der Waals surface area contributed by atoms with Crippen LogP contribution >= 0.6 is 0 Å². The third-order valence-corrected chi connectivity index (χ3v) is 6.18. The van der Waals surface area contributed by atoms with Gasteiger partial charge in [-0.15, -0.1) is 0 Å². The van der Waals surface area contributed by atoms with Crippen LogP contribution in [-0.4, -0.2) is 54.6 Å². The lowest BCUT2D eigenvalue weighted by Crippen LogP contribution is -2.56. The highest BCUT2D eigenvalue weighted by molar-refractivity contribution is 5.75. The van der Waals surface area contributed by atoms with Gasteiger partial charge in [0.25, 0.3) is 0 Å². The summed E-state index contributed by atoms with van der Waals surface area (Å²) in [7, 11) is 4.29. The van der Waals surface area contributed by atoms with Crippen molar-refractivity contribution in [3.63, 3.8) is 0 Å². The molecule has 0 unspecified atom stereocenters. The maximum absolute atomic E-state index is 12.7. The molecule has 0 bridgehead atoms. The number of carbonyl (C=O) groups excluding carboxylic acids is 1. The van der Waals surface area contributed by atoms with Crippen LogP contribution in [-0.2, 0) is 6.42 Å². The molecule has 0 aromatic heterocycles. The number of rotatable bonds is 3. The Morgan fingerprint density at radius 2 is 2.00 bits per heavy atom. The van der Waals surface area contributed by atoms with Crippen molar-refractivity contribution in [2.24, 2.45) is 5.73 Å². The fourth-order valence-electron chi connectivity index (χ4n) is 4.26. The first-order chi connectivity index (χ1) is 11.5. The van der Waals surface area contributed by atoms with Crippen LogP contribution in [0.3, 0.4) is 0 Å². The maximum Gasteiger partial charge on any atom is 0.317 e. The number of nitrogens with zero attached hydrogens (tertiary/aromatic N) is 2. The molecule has 1 saturated heterocycles. The average molecular weight is 330 g/mol. The second-order valence-corrected chi connectivity index (χ2v) is 7.44. The molecule has 2 aliphatic rings. The first-order valence-electron chi connectivity index (χ1n) is 9.03. The van der Waals surface area contributed by atoms with E-state index in [1.165, 1.54) is 11.1 Å². The predicted molar refractivity (Wildman–Crippen MR) is 96.9 cm³/mol. The normalized spacial score (nSPS) is 25.6. The number of benzene rings is 1. The van der Waals surface area contributed by atoms with Crippen molar-refractivity contribution in [1.82, 2.24) is 15.1 Å². The van der Waals surface area contributed by atoms with E-state index in [4.69, 9.17) is 5.73 Å². The van der Waals surface area contributed by atoms with Crippen LogP contribution in [0.25, 0.3) is 0 Å². The van der Waals surface area contributed by atoms with Gasteiger partial charge in [-0.05, 0) is 50.9 Å². The summed E-state index contributed by atoms with van der Waals surface area (Å²) in [6, 6.07) is 8.15. The van der Waals surface area contributed by atoms with E-state index in [-0.39, 0.29) is 23.7 Å². The highest BCUT2D eigenvalue weighted by Gasteiger charge is 2.37. The van der Waals surface area contributed by atoms with Crippen molar-refractivity contribution < 1.29 is 4.79 Å². The minimum absolute atomic E-state index is 0.00149. The fraction of sp³-hybridized carbons (Fsp3) is 0.632. The van der Waals surface area contributed by atoms with Crippen molar-refractivity contribution in [3.05, 3.63) is 35.4 Å². The molecule has 1 aliphatic heterocycles. The molecule has 3 rings (SSSR count). The van der Waals surface area contributed by atoms with E-state index in [2.05, 4.69) is 43.4 Å². The monoisotopic (exact) mass is 330 g/mol. The first kappa shape index (κ1) is 17.2. The number of piperidine rings is 1. The van der Waals surface area contributed by atoms with E-state index < -0.39 is 0 Å². The Labute approximate surface area is 145 Å². The highest BCUT2D eigenvalue weighted by atomic mass is 16.2. The molecule has 1 aliphatic carbocycles. The number of nitrogens with one attached hydrogen (secondary N) is 1. The number of nitrogens with two attached hydrogens (primary N) is 1. The van der Waals surface area contributed by atoms with Gasteiger partial charge in [0.1, 0.15) is 0 Å². The third kappa shape index (κ3) is 3.03. The lowest BCUT2D eigenvalue weighted by Gasteiger charge is -2.46. The van der Waals surface area contributed by atoms with Gasteiger partial charge in [-0.3, -0.25) is 0 Å². The van der Waals surface area contributed by atoms with Crippen LogP contribution in [0.1, 0.15) is 43.4 Å². The molecule has 1 aromatic carbocycles. The SMILES string of the molecule is CCC1(N(C)C)CCN(C(=O)N[C@@H]2Cc3ccccc3[C@H]2N)CC1. The molecule has 1 aromatic rings. The van der Waals surface area contributed by atoms with Gasteiger partial charge in [0, 0.05) is 18.6 Å². The topological polar surface area (TPSA) is 61.6 Å².